The summed E-state index contributed by atoms with van der Waals surface area (Å²) in [4.78, 5) is 42.5. The number of nitrogens with zero attached hydrogens (tertiary/aromatic N) is 1. The maximum atomic E-state index is 13.5. The molecule has 7 heteroatoms. The van der Waals surface area contributed by atoms with Crippen LogP contribution >= 0.6 is 0 Å². The van der Waals surface area contributed by atoms with Gasteiger partial charge in [-0.1, -0.05) is 49.4 Å². The Kier molecular flexibility index (Phi) is 4.89. The number of Topliss-reactive ketones (excluding diaryl/α,β-unsaturated/α-hetero) is 1. The predicted octanol–water partition coefficient (Wildman–Crippen LogP) is 2.76. The van der Waals surface area contributed by atoms with Crippen LogP contribution in [0.4, 0.5) is 4.79 Å². The van der Waals surface area contributed by atoms with Crippen LogP contribution < -0.4 is 15.8 Å². The number of nitrogens with two attached hydrogens (primary N) is 1. The standard InChI is InChI=1S/C23H23N3O4/c1-13-18(27)12-17(14-8-10-16(30-2)11-9-14)23(19(13)15-6-4-3-5-7-15)20(24)25-22(29)26-21(23)28/h3-11,13,17,19H,12H2,1-2H3,(H3,24,25,26,28,29). The number of benzene rings is 2. The third-order valence-corrected chi connectivity index (χ3v) is 6.37. The highest BCUT2D eigenvalue weighted by Crippen LogP contribution is 2.57. The second-order valence-electron chi connectivity index (χ2n) is 7.80. The van der Waals surface area contributed by atoms with Gasteiger partial charge < -0.3 is 10.5 Å². The molecule has 1 spiro atoms. The largest absolute Gasteiger partial charge is 0.497 e. The molecule has 1 fully saturated rings. The Morgan fingerprint density at radius 3 is 2.30 bits per heavy atom. The Hall–Kier alpha value is -3.48. The van der Waals surface area contributed by atoms with Crippen LogP contribution in [0.1, 0.15) is 36.3 Å². The van der Waals surface area contributed by atoms with Crippen LogP contribution in [0.3, 0.4) is 0 Å². The first-order valence-electron chi connectivity index (χ1n) is 9.81. The fraction of sp³-hybridized carbons (Fsp3) is 0.304. The zero-order valence-corrected chi connectivity index (χ0v) is 16.8. The summed E-state index contributed by atoms with van der Waals surface area (Å²) in [5.74, 6) is -1.49. The Morgan fingerprint density at radius 1 is 1.03 bits per heavy atom. The van der Waals surface area contributed by atoms with Crippen molar-refractivity contribution >= 4 is 23.6 Å². The maximum Gasteiger partial charge on any atom is 0.349 e. The number of urea groups is 1. The number of rotatable bonds is 3. The normalized spacial score (nSPS) is 28.8. The third kappa shape index (κ3) is 2.89. The minimum Gasteiger partial charge on any atom is -0.497 e. The van der Waals surface area contributed by atoms with Gasteiger partial charge in [0.05, 0.1) is 7.11 Å². The lowest BCUT2D eigenvalue weighted by Gasteiger charge is -2.50. The zero-order valence-electron chi connectivity index (χ0n) is 16.8. The van der Waals surface area contributed by atoms with Crippen LogP contribution in [0.15, 0.2) is 59.6 Å². The molecule has 4 rings (SSSR count). The number of amidine groups is 1. The Bertz CT molecular complexity index is 1030. The predicted molar refractivity (Wildman–Crippen MR) is 111 cm³/mol. The van der Waals surface area contributed by atoms with Crippen LogP contribution in [0.5, 0.6) is 5.75 Å². The van der Waals surface area contributed by atoms with E-state index in [2.05, 4.69) is 10.3 Å². The second-order valence-corrected chi connectivity index (χ2v) is 7.80. The number of carbonyl (C=O) groups excluding carboxylic acids is 3. The molecule has 0 bridgehead atoms. The van der Waals surface area contributed by atoms with Crippen molar-refractivity contribution in [2.24, 2.45) is 22.1 Å². The minimum absolute atomic E-state index is 0.0350. The molecule has 0 radical (unpaired) electrons. The smallest absolute Gasteiger partial charge is 0.349 e. The van der Waals surface area contributed by atoms with E-state index in [1.165, 1.54) is 0 Å². The van der Waals surface area contributed by atoms with Crippen molar-refractivity contribution in [2.45, 2.75) is 25.2 Å². The first kappa shape index (κ1) is 19.8. The zero-order chi connectivity index (χ0) is 21.5. The third-order valence-electron chi connectivity index (χ3n) is 6.37. The van der Waals surface area contributed by atoms with Gasteiger partial charge in [0.2, 0.25) is 5.91 Å². The van der Waals surface area contributed by atoms with Crippen molar-refractivity contribution in [1.29, 1.82) is 0 Å². The Balaban J connectivity index is 1.98. The van der Waals surface area contributed by atoms with Crippen molar-refractivity contribution in [3.63, 3.8) is 0 Å². The number of methoxy groups -OCH3 is 1. The van der Waals surface area contributed by atoms with Gasteiger partial charge in [-0.15, -0.1) is 0 Å². The number of nitrogens with one attached hydrogen (secondary N) is 1. The SMILES string of the molecule is COc1ccc(C2CC(=O)C(C)C(c3ccccc3)C23C(=O)NC(=O)N=C3N)cc1. The van der Waals surface area contributed by atoms with Gasteiger partial charge in [0.15, 0.2) is 0 Å². The lowest BCUT2D eigenvalue weighted by Crippen LogP contribution is -2.64. The average molecular weight is 405 g/mol. The summed E-state index contributed by atoms with van der Waals surface area (Å²) in [6.07, 6.45) is 0.120. The van der Waals surface area contributed by atoms with Crippen molar-refractivity contribution in [3.8, 4) is 5.75 Å². The molecule has 2 aromatic carbocycles. The molecular formula is C23H23N3O4. The van der Waals surface area contributed by atoms with Gasteiger partial charge in [0.25, 0.3) is 0 Å². The molecular weight excluding hydrogens is 382 g/mol. The van der Waals surface area contributed by atoms with E-state index < -0.39 is 35.1 Å². The number of hydrogen-bond donors (Lipinski definition) is 2. The second kappa shape index (κ2) is 7.40. The molecule has 30 heavy (non-hydrogen) atoms. The van der Waals surface area contributed by atoms with Crippen LogP contribution in [0.25, 0.3) is 0 Å². The van der Waals surface area contributed by atoms with Gasteiger partial charge in [-0.25, -0.2) is 4.79 Å². The fourth-order valence-corrected chi connectivity index (χ4v) is 4.96. The van der Waals surface area contributed by atoms with Crippen LogP contribution in [-0.4, -0.2) is 30.7 Å². The summed E-state index contributed by atoms with van der Waals surface area (Å²) < 4.78 is 5.24. The van der Waals surface area contributed by atoms with Crippen molar-refractivity contribution in [1.82, 2.24) is 5.32 Å². The molecule has 2 aliphatic rings. The quantitative estimate of drug-likeness (QED) is 0.816. The van der Waals surface area contributed by atoms with E-state index >= 15 is 0 Å². The van der Waals surface area contributed by atoms with E-state index in [0.29, 0.717) is 5.75 Å². The molecule has 154 valence electrons. The summed E-state index contributed by atoms with van der Waals surface area (Å²) in [6, 6.07) is 15.8. The molecule has 1 aliphatic heterocycles. The Labute approximate surface area is 174 Å². The number of ketones is 1. The first-order valence-corrected chi connectivity index (χ1v) is 9.81. The van der Waals surface area contributed by atoms with Crippen LogP contribution in [0, 0.1) is 11.3 Å². The molecule has 1 aliphatic carbocycles. The highest BCUT2D eigenvalue weighted by molar-refractivity contribution is 6.20. The molecule has 0 saturated heterocycles. The molecule has 1 heterocycles. The highest BCUT2D eigenvalue weighted by Gasteiger charge is 2.62. The molecule has 4 atom stereocenters. The van der Waals surface area contributed by atoms with Crippen LogP contribution in [0.2, 0.25) is 0 Å². The molecule has 2 aromatic rings. The highest BCUT2D eigenvalue weighted by atomic mass is 16.5. The van der Waals surface area contributed by atoms with Gasteiger partial charge in [-0.05, 0) is 23.3 Å². The summed E-state index contributed by atoms with van der Waals surface area (Å²) in [7, 11) is 1.57. The molecule has 3 amide bonds. The maximum absolute atomic E-state index is 13.5. The van der Waals surface area contributed by atoms with E-state index in [9.17, 15) is 14.4 Å². The van der Waals surface area contributed by atoms with Crippen molar-refractivity contribution in [2.75, 3.05) is 7.11 Å². The van der Waals surface area contributed by atoms with Crippen LogP contribution in [-0.2, 0) is 9.59 Å². The van der Waals surface area contributed by atoms with Gasteiger partial charge >= 0.3 is 6.03 Å². The van der Waals surface area contributed by atoms with E-state index in [-0.39, 0.29) is 18.0 Å². The van der Waals surface area contributed by atoms with Crippen molar-refractivity contribution < 1.29 is 19.1 Å². The molecule has 3 N–H and O–H groups in total. The number of carbonyl (C=O) groups is 3. The molecule has 0 aromatic heterocycles. The average Bonchev–Trinajstić information content (AvgIpc) is 2.74. The topological polar surface area (TPSA) is 111 Å². The molecule has 4 unspecified atom stereocenters. The molecule has 1 saturated carbocycles. The molecule has 7 nitrogen and oxygen atoms in total. The summed E-state index contributed by atoms with van der Waals surface area (Å²) >= 11 is 0. The fourth-order valence-electron chi connectivity index (χ4n) is 4.96. The summed E-state index contributed by atoms with van der Waals surface area (Å²) in [5.41, 5.74) is 6.58. The summed E-state index contributed by atoms with van der Waals surface area (Å²) in [6.45, 7) is 1.81. The van der Waals surface area contributed by atoms with Gasteiger partial charge in [0.1, 0.15) is 22.8 Å². The number of ether oxygens (including phenoxy) is 1. The van der Waals surface area contributed by atoms with E-state index in [0.717, 1.165) is 11.1 Å². The number of hydrogen-bond acceptors (Lipinski definition) is 5. The minimum atomic E-state index is -1.36. The lowest BCUT2D eigenvalue weighted by atomic mass is 9.51. The van der Waals surface area contributed by atoms with Gasteiger partial charge in [-0.3, -0.25) is 14.9 Å². The van der Waals surface area contributed by atoms with Gasteiger partial charge in [0, 0.05) is 24.2 Å². The number of amides is 3. The van der Waals surface area contributed by atoms with E-state index in [1.807, 2.05) is 49.4 Å². The van der Waals surface area contributed by atoms with E-state index in [1.54, 1.807) is 19.2 Å². The van der Waals surface area contributed by atoms with Gasteiger partial charge in [-0.2, -0.15) is 4.99 Å². The first-order chi connectivity index (χ1) is 14.4. The van der Waals surface area contributed by atoms with E-state index in [4.69, 9.17) is 10.5 Å². The lowest BCUT2D eigenvalue weighted by molar-refractivity contribution is -0.136. The number of aliphatic imine (C=N–C) groups is 1. The summed E-state index contributed by atoms with van der Waals surface area (Å²) in [5, 5.41) is 2.35. The van der Waals surface area contributed by atoms with Crippen molar-refractivity contribution in [3.05, 3.63) is 65.7 Å². The monoisotopic (exact) mass is 405 g/mol. The number of imide groups is 1. The Morgan fingerprint density at radius 2 is 1.70 bits per heavy atom.